The Morgan fingerprint density at radius 3 is 2.36 bits per heavy atom. The maximum absolute atomic E-state index is 9.60. The zero-order valence-corrected chi connectivity index (χ0v) is 7.64. The Morgan fingerprint density at radius 1 is 1.36 bits per heavy atom. The molecule has 0 radical (unpaired) electrons. The van der Waals surface area contributed by atoms with Gasteiger partial charge < -0.3 is 19.7 Å². The van der Waals surface area contributed by atoms with Crippen LogP contribution in [0.25, 0.3) is 0 Å². The number of rotatable bonds is 2. The number of aliphatic hydroxyl groups is 2. The fourth-order valence-electron chi connectivity index (χ4n) is 1.35. The van der Waals surface area contributed by atoms with E-state index < -0.39 is 17.8 Å². The first-order chi connectivity index (χ1) is 6.67. The molecule has 0 aliphatic carbocycles. The first-order valence-electron chi connectivity index (χ1n) is 4.16. The fraction of sp³-hybridized carbons (Fsp3) is 0.600. The van der Waals surface area contributed by atoms with Gasteiger partial charge in [0.25, 0.3) is 0 Å². The van der Waals surface area contributed by atoms with E-state index in [-0.39, 0.29) is 19.8 Å². The number of ether oxygens (including phenoxy) is 2. The SMILES string of the molecule is C#CCOC1(C#C)[C@H](O)COC[C@@H]1O. The molecule has 14 heavy (non-hydrogen) atoms. The minimum Gasteiger partial charge on any atom is -0.387 e. The topological polar surface area (TPSA) is 58.9 Å². The highest BCUT2D eigenvalue weighted by Gasteiger charge is 2.47. The van der Waals surface area contributed by atoms with Gasteiger partial charge in [-0.1, -0.05) is 11.8 Å². The molecule has 1 saturated heterocycles. The molecule has 0 spiro atoms. The van der Waals surface area contributed by atoms with Gasteiger partial charge in [-0.05, 0) is 0 Å². The molecule has 1 heterocycles. The molecule has 1 fully saturated rings. The lowest BCUT2D eigenvalue weighted by atomic mass is 9.89. The van der Waals surface area contributed by atoms with Crippen molar-refractivity contribution in [3.05, 3.63) is 0 Å². The van der Waals surface area contributed by atoms with Crippen molar-refractivity contribution in [1.82, 2.24) is 0 Å². The van der Waals surface area contributed by atoms with Crippen molar-refractivity contribution in [3.63, 3.8) is 0 Å². The lowest BCUT2D eigenvalue weighted by molar-refractivity contribution is -0.203. The Balaban J connectivity index is 2.83. The van der Waals surface area contributed by atoms with Crippen molar-refractivity contribution in [3.8, 4) is 24.7 Å². The van der Waals surface area contributed by atoms with E-state index in [1.165, 1.54) is 0 Å². The second kappa shape index (κ2) is 4.45. The molecule has 2 N–H and O–H groups in total. The highest BCUT2D eigenvalue weighted by molar-refractivity contribution is 5.18. The van der Waals surface area contributed by atoms with E-state index in [1.54, 1.807) is 0 Å². The third-order valence-electron chi connectivity index (χ3n) is 2.16. The van der Waals surface area contributed by atoms with Crippen LogP contribution in [-0.4, -0.2) is 47.8 Å². The molecule has 4 heteroatoms. The first-order valence-corrected chi connectivity index (χ1v) is 4.16. The van der Waals surface area contributed by atoms with Gasteiger partial charge in [-0.15, -0.1) is 12.8 Å². The average Bonchev–Trinajstić information content (AvgIpc) is 2.18. The highest BCUT2D eigenvalue weighted by Crippen LogP contribution is 2.25. The Labute approximate surface area is 82.8 Å². The Morgan fingerprint density at radius 2 is 1.93 bits per heavy atom. The van der Waals surface area contributed by atoms with Gasteiger partial charge in [0, 0.05) is 0 Å². The van der Waals surface area contributed by atoms with E-state index in [0.717, 1.165) is 0 Å². The monoisotopic (exact) mass is 196 g/mol. The van der Waals surface area contributed by atoms with Crippen LogP contribution in [0.4, 0.5) is 0 Å². The first kappa shape index (κ1) is 11.0. The number of terminal acetylenes is 2. The van der Waals surface area contributed by atoms with Gasteiger partial charge in [0.15, 0.2) is 5.60 Å². The van der Waals surface area contributed by atoms with E-state index >= 15 is 0 Å². The van der Waals surface area contributed by atoms with Crippen molar-refractivity contribution >= 4 is 0 Å². The lowest BCUT2D eigenvalue weighted by Crippen LogP contribution is -2.60. The number of aliphatic hydroxyl groups excluding tert-OH is 2. The van der Waals surface area contributed by atoms with Crippen molar-refractivity contribution in [2.24, 2.45) is 0 Å². The summed E-state index contributed by atoms with van der Waals surface area (Å²) >= 11 is 0. The van der Waals surface area contributed by atoms with Gasteiger partial charge in [0.1, 0.15) is 18.8 Å². The summed E-state index contributed by atoms with van der Waals surface area (Å²) in [5, 5.41) is 19.2. The minimum atomic E-state index is -1.44. The molecule has 4 nitrogen and oxygen atoms in total. The molecular formula is C10H12O4. The van der Waals surface area contributed by atoms with Gasteiger partial charge >= 0.3 is 0 Å². The van der Waals surface area contributed by atoms with E-state index in [0.29, 0.717) is 0 Å². The summed E-state index contributed by atoms with van der Waals surface area (Å²) in [5.74, 6) is 4.49. The largest absolute Gasteiger partial charge is 0.387 e. The predicted octanol–water partition coefficient (Wildman–Crippen LogP) is -1.24. The molecule has 76 valence electrons. The van der Waals surface area contributed by atoms with E-state index in [9.17, 15) is 10.2 Å². The van der Waals surface area contributed by atoms with Crippen LogP contribution in [0.15, 0.2) is 0 Å². The van der Waals surface area contributed by atoms with Gasteiger partial charge in [0.2, 0.25) is 0 Å². The Hall–Kier alpha value is -1.04. The summed E-state index contributed by atoms with van der Waals surface area (Å²) in [7, 11) is 0. The lowest BCUT2D eigenvalue weighted by Gasteiger charge is -2.40. The zero-order valence-electron chi connectivity index (χ0n) is 7.64. The summed E-state index contributed by atoms with van der Waals surface area (Å²) < 4.78 is 10.0. The number of hydrogen-bond acceptors (Lipinski definition) is 4. The average molecular weight is 196 g/mol. The third-order valence-corrected chi connectivity index (χ3v) is 2.16. The van der Waals surface area contributed by atoms with Crippen molar-refractivity contribution < 1.29 is 19.7 Å². The van der Waals surface area contributed by atoms with Crippen LogP contribution in [0.1, 0.15) is 0 Å². The van der Waals surface area contributed by atoms with Gasteiger partial charge in [-0.2, -0.15) is 0 Å². The van der Waals surface area contributed by atoms with Crippen LogP contribution < -0.4 is 0 Å². The summed E-state index contributed by atoms with van der Waals surface area (Å²) in [4.78, 5) is 0. The smallest absolute Gasteiger partial charge is 0.185 e. The van der Waals surface area contributed by atoms with Crippen LogP contribution in [0.3, 0.4) is 0 Å². The third kappa shape index (κ3) is 1.75. The molecule has 1 unspecified atom stereocenters. The minimum absolute atomic E-state index is 0.0336. The Bertz CT molecular complexity index is 263. The van der Waals surface area contributed by atoms with E-state index in [1.807, 2.05) is 0 Å². The van der Waals surface area contributed by atoms with E-state index in [4.69, 9.17) is 22.3 Å². The summed E-state index contributed by atoms with van der Waals surface area (Å²) in [6.07, 6.45) is 8.12. The Kier molecular flexibility index (Phi) is 3.51. The molecule has 0 aromatic carbocycles. The second-order valence-corrected chi connectivity index (χ2v) is 3.00. The summed E-state index contributed by atoms with van der Waals surface area (Å²) in [5.41, 5.74) is -1.44. The molecule has 0 aromatic rings. The summed E-state index contributed by atoms with van der Waals surface area (Å²) in [6, 6.07) is 0. The standard InChI is InChI=1S/C10H12O4/c1-3-5-14-10(4-2)8(11)6-13-7-9(10)12/h1-2,8-9,11-12H,5-7H2/t8-,9+,10?. The van der Waals surface area contributed by atoms with Crippen LogP contribution in [0.5, 0.6) is 0 Å². The fourth-order valence-corrected chi connectivity index (χ4v) is 1.35. The summed E-state index contributed by atoms with van der Waals surface area (Å²) in [6.45, 7) is 0.00990. The maximum Gasteiger partial charge on any atom is 0.185 e. The van der Waals surface area contributed by atoms with Crippen LogP contribution in [-0.2, 0) is 9.47 Å². The van der Waals surface area contributed by atoms with Gasteiger partial charge in [0.05, 0.1) is 13.2 Å². The molecule has 0 saturated carbocycles. The molecular weight excluding hydrogens is 184 g/mol. The van der Waals surface area contributed by atoms with Crippen LogP contribution in [0.2, 0.25) is 0 Å². The van der Waals surface area contributed by atoms with Gasteiger partial charge in [-0.25, -0.2) is 0 Å². The molecule has 1 aliphatic rings. The quantitative estimate of drug-likeness (QED) is 0.542. The zero-order chi connectivity index (χ0) is 10.6. The molecule has 0 bridgehead atoms. The second-order valence-electron chi connectivity index (χ2n) is 3.00. The predicted molar refractivity (Wildman–Crippen MR) is 49.2 cm³/mol. The maximum atomic E-state index is 9.60. The molecule has 3 atom stereocenters. The molecule has 0 aromatic heterocycles. The van der Waals surface area contributed by atoms with Crippen molar-refractivity contribution in [2.45, 2.75) is 17.8 Å². The van der Waals surface area contributed by atoms with Crippen molar-refractivity contribution in [2.75, 3.05) is 19.8 Å². The highest BCUT2D eigenvalue weighted by atomic mass is 16.6. The molecule has 0 amide bonds. The molecule has 1 rings (SSSR count). The normalized spacial score (nSPS) is 37.1. The van der Waals surface area contributed by atoms with Gasteiger partial charge in [-0.3, -0.25) is 0 Å². The number of hydrogen-bond donors (Lipinski definition) is 2. The van der Waals surface area contributed by atoms with E-state index in [2.05, 4.69) is 11.8 Å². The van der Waals surface area contributed by atoms with Crippen molar-refractivity contribution in [1.29, 1.82) is 0 Å². The molecule has 1 aliphatic heterocycles. The van der Waals surface area contributed by atoms with Crippen LogP contribution in [0, 0.1) is 24.7 Å². The van der Waals surface area contributed by atoms with Crippen LogP contribution >= 0.6 is 0 Å².